The van der Waals surface area contributed by atoms with E-state index in [-0.39, 0.29) is 23.8 Å². The highest BCUT2D eigenvalue weighted by atomic mass is 19.4. The molecule has 1 unspecified atom stereocenters. The molecule has 2 amide bonds. The number of carbonyl (C=O) groups is 1. The summed E-state index contributed by atoms with van der Waals surface area (Å²) in [6.07, 6.45) is -1.91. The zero-order chi connectivity index (χ0) is 22.5. The van der Waals surface area contributed by atoms with E-state index in [4.69, 9.17) is 9.47 Å². The van der Waals surface area contributed by atoms with Crippen LogP contribution >= 0.6 is 0 Å². The maximum Gasteiger partial charge on any atom is 0.419 e. The number of aromatic nitrogens is 1. The van der Waals surface area contributed by atoms with Gasteiger partial charge >= 0.3 is 12.2 Å². The highest BCUT2D eigenvalue weighted by Crippen LogP contribution is 2.54. The number of benzene rings is 2. The summed E-state index contributed by atoms with van der Waals surface area (Å²) < 4.78 is 63.6. The maximum absolute atomic E-state index is 13.4. The van der Waals surface area contributed by atoms with Crippen LogP contribution < -0.4 is 20.1 Å². The Bertz CT molecular complexity index is 1190. The topological polar surface area (TPSA) is 72.5 Å². The number of hydrogen-bond donors (Lipinski definition) is 2. The number of nitrogens with zero attached hydrogens (tertiary/aromatic N) is 1. The van der Waals surface area contributed by atoms with Crippen molar-refractivity contribution in [3.63, 3.8) is 0 Å². The monoisotopic (exact) mass is 445 g/mol. The Labute approximate surface area is 179 Å². The van der Waals surface area contributed by atoms with Gasteiger partial charge in [0.15, 0.2) is 0 Å². The van der Waals surface area contributed by atoms with Crippen molar-refractivity contribution in [2.75, 3.05) is 5.32 Å². The van der Waals surface area contributed by atoms with Gasteiger partial charge in [-0.15, -0.1) is 0 Å². The Morgan fingerprint density at radius 2 is 1.81 bits per heavy atom. The second-order valence-corrected chi connectivity index (χ2v) is 7.41. The summed E-state index contributed by atoms with van der Waals surface area (Å²) in [5.74, 6) is 0.401. The van der Waals surface area contributed by atoms with E-state index in [0.717, 1.165) is 11.6 Å². The van der Waals surface area contributed by atoms with E-state index in [1.807, 2.05) is 6.07 Å². The third-order valence-corrected chi connectivity index (χ3v) is 5.27. The van der Waals surface area contributed by atoms with Crippen LogP contribution in [0.3, 0.4) is 0 Å². The first-order chi connectivity index (χ1) is 15.3. The first kappa shape index (κ1) is 20.1. The van der Waals surface area contributed by atoms with Crippen LogP contribution in [0.25, 0.3) is 0 Å². The van der Waals surface area contributed by atoms with Gasteiger partial charge < -0.3 is 20.1 Å². The van der Waals surface area contributed by atoms with Crippen molar-refractivity contribution in [3.8, 4) is 17.2 Å². The average molecular weight is 445 g/mol. The Kier molecular flexibility index (Phi) is 4.65. The molecule has 1 aliphatic carbocycles. The molecule has 2 heterocycles. The highest BCUT2D eigenvalue weighted by molar-refractivity contribution is 5.90. The summed E-state index contributed by atoms with van der Waals surface area (Å²) in [4.78, 5) is 16.2. The molecule has 0 saturated heterocycles. The van der Waals surface area contributed by atoms with E-state index in [1.165, 1.54) is 0 Å². The van der Waals surface area contributed by atoms with Gasteiger partial charge in [0.25, 0.3) is 0 Å². The van der Waals surface area contributed by atoms with Crippen LogP contribution in [0.1, 0.15) is 17.0 Å². The van der Waals surface area contributed by atoms with Gasteiger partial charge in [0.2, 0.25) is 0 Å². The summed E-state index contributed by atoms with van der Waals surface area (Å²) in [6, 6.07) is 10.0. The number of hydrogen-bond acceptors (Lipinski definition) is 4. The standard InChI is InChI=1S/C22H15F4N3O3/c23-16-3-1-11(9-15(16)22(24,25)26)28-21(30)29-19-18-14-10-13(2-4-17(14)32-20(18)19)31-12-5-7-27-8-6-12/h1-10,18-20H,(H2,28,29,30)/t18-,19?,20-/m0/s1. The fourth-order valence-electron chi connectivity index (χ4n) is 3.76. The van der Waals surface area contributed by atoms with E-state index in [9.17, 15) is 22.4 Å². The number of anilines is 1. The number of halogens is 4. The van der Waals surface area contributed by atoms with Gasteiger partial charge in [-0.3, -0.25) is 4.98 Å². The van der Waals surface area contributed by atoms with Crippen molar-refractivity contribution in [3.05, 3.63) is 77.9 Å². The zero-order valence-electron chi connectivity index (χ0n) is 16.2. The number of rotatable bonds is 4. The van der Waals surface area contributed by atoms with Gasteiger partial charge in [-0.2, -0.15) is 13.2 Å². The lowest BCUT2D eigenvalue weighted by atomic mass is 10.1. The van der Waals surface area contributed by atoms with Crippen molar-refractivity contribution >= 4 is 11.7 Å². The number of amides is 2. The molecular weight excluding hydrogens is 430 g/mol. The van der Waals surface area contributed by atoms with E-state index in [1.54, 1.807) is 36.7 Å². The first-order valence-corrected chi connectivity index (χ1v) is 9.62. The molecule has 0 radical (unpaired) electrons. The minimum absolute atomic E-state index is 0.101. The molecule has 1 fully saturated rings. The second-order valence-electron chi connectivity index (χ2n) is 7.41. The van der Waals surface area contributed by atoms with E-state index < -0.39 is 23.6 Å². The number of urea groups is 1. The molecular formula is C22H15F4N3O3. The van der Waals surface area contributed by atoms with Gasteiger partial charge in [-0.1, -0.05) is 0 Å². The van der Waals surface area contributed by atoms with Crippen LogP contribution in [0.5, 0.6) is 17.2 Å². The van der Waals surface area contributed by atoms with E-state index in [0.29, 0.717) is 29.4 Å². The molecule has 1 aromatic heterocycles. The molecule has 3 atom stereocenters. The molecule has 2 N–H and O–H groups in total. The highest BCUT2D eigenvalue weighted by Gasteiger charge is 2.59. The quantitative estimate of drug-likeness (QED) is 0.550. The predicted molar refractivity (Wildman–Crippen MR) is 105 cm³/mol. The van der Waals surface area contributed by atoms with Crippen LogP contribution in [-0.2, 0) is 6.18 Å². The average Bonchev–Trinajstić information content (AvgIpc) is 3.26. The number of alkyl halides is 3. The van der Waals surface area contributed by atoms with Crippen LogP contribution in [0.15, 0.2) is 60.9 Å². The Morgan fingerprint density at radius 1 is 1.03 bits per heavy atom. The molecule has 0 spiro atoms. The summed E-state index contributed by atoms with van der Waals surface area (Å²) in [5.41, 5.74) is -0.748. The maximum atomic E-state index is 13.4. The molecule has 1 aliphatic heterocycles. The lowest BCUT2D eigenvalue weighted by Crippen LogP contribution is -2.34. The normalized spacial score (nSPS) is 20.6. The van der Waals surface area contributed by atoms with Gasteiger partial charge in [0.05, 0.1) is 17.5 Å². The van der Waals surface area contributed by atoms with E-state index >= 15 is 0 Å². The fraction of sp³-hybridized carbons (Fsp3) is 0.182. The molecule has 2 aliphatic rings. The predicted octanol–water partition coefficient (Wildman–Crippen LogP) is 5.08. The van der Waals surface area contributed by atoms with Crippen molar-refractivity contribution in [2.45, 2.75) is 24.2 Å². The van der Waals surface area contributed by atoms with Crippen molar-refractivity contribution in [1.29, 1.82) is 0 Å². The molecule has 3 aromatic rings. The molecule has 0 bridgehead atoms. The number of pyridine rings is 1. The van der Waals surface area contributed by atoms with Crippen LogP contribution in [0.4, 0.5) is 28.0 Å². The lowest BCUT2D eigenvalue weighted by molar-refractivity contribution is -0.139. The minimum Gasteiger partial charge on any atom is -0.487 e. The SMILES string of the molecule is O=C(Nc1ccc(F)c(C(F)(F)F)c1)NC1[C@H]2Oc3ccc(Oc4ccncc4)cc3[C@@H]12. The summed E-state index contributed by atoms with van der Waals surface area (Å²) in [7, 11) is 0. The van der Waals surface area contributed by atoms with Gasteiger partial charge in [-0.25, -0.2) is 9.18 Å². The molecule has 1 saturated carbocycles. The van der Waals surface area contributed by atoms with Crippen LogP contribution in [0, 0.1) is 5.82 Å². The smallest absolute Gasteiger partial charge is 0.419 e. The zero-order valence-corrected chi connectivity index (χ0v) is 16.2. The number of nitrogens with one attached hydrogen (secondary N) is 2. The largest absolute Gasteiger partial charge is 0.487 e. The Hall–Kier alpha value is -3.82. The molecule has 164 valence electrons. The Balaban J connectivity index is 1.24. The summed E-state index contributed by atoms with van der Waals surface area (Å²) in [6.45, 7) is 0. The van der Waals surface area contributed by atoms with E-state index in [2.05, 4.69) is 15.6 Å². The summed E-state index contributed by atoms with van der Waals surface area (Å²) >= 11 is 0. The minimum atomic E-state index is -4.86. The third kappa shape index (κ3) is 3.79. The molecule has 6 nitrogen and oxygen atoms in total. The Morgan fingerprint density at radius 3 is 2.56 bits per heavy atom. The van der Waals surface area contributed by atoms with Crippen LogP contribution in [0.2, 0.25) is 0 Å². The third-order valence-electron chi connectivity index (χ3n) is 5.27. The molecule has 5 rings (SSSR count). The number of ether oxygens (including phenoxy) is 2. The molecule has 2 aromatic carbocycles. The second kappa shape index (κ2) is 7.40. The molecule has 32 heavy (non-hydrogen) atoms. The van der Waals surface area contributed by atoms with Gasteiger partial charge in [-0.05, 0) is 48.5 Å². The number of fused-ring (bicyclic) bond motifs is 3. The lowest BCUT2D eigenvalue weighted by Gasteiger charge is -2.14. The van der Waals surface area contributed by atoms with Gasteiger partial charge in [0.1, 0.15) is 29.2 Å². The fourth-order valence-corrected chi connectivity index (χ4v) is 3.76. The van der Waals surface area contributed by atoms with Crippen LogP contribution in [-0.4, -0.2) is 23.2 Å². The van der Waals surface area contributed by atoms with Crippen molar-refractivity contribution in [2.24, 2.45) is 0 Å². The van der Waals surface area contributed by atoms with Gasteiger partial charge in [0, 0.05) is 23.6 Å². The van der Waals surface area contributed by atoms with Crippen molar-refractivity contribution < 1.29 is 31.8 Å². The molecule has 10 heteroatoms. The first-order valence-electron chi connectivity index (χ1n) is 9.62. The van der Waals surface area contributed by atoms with Crippen molar-refractivity contribution in [1.82, 2.24) is 10.3 Å². The number of carbonyl (C=O) groups excluding carboxylic acids is 1. The summed E-state index contributed by atoms with van der Waals surface area (Å²) in [5, 5.41) is 5.00.